The highest BCUT2D eigenvalue weighted by atomic mass is 16.5. The topological polar surface area (TPSA) is 138 Å². The van der Waals surface area contributed by atoms with Crippen LogP contribution < -0.4 is 16.2 Å². The van der Waals surface area contributed by atoms with Gasteiger partial charge in [-0.3, -0.25) is 9.97 Å². The first-order valence-electron chi connectivity index (χ1n) is 5.50. The molecule has 0 spiro atoms. The molecule has 2 rings (SSSR count). The Morgan fingerprint density at radius 2 is 1.70 bits per heavy atom. The van der Waals surface area contributed by atoms with E-state index in [1.54, 1.807) is 0 Å². The molecular weight excluding hydrogens is 260 g/mol. The Balaban J connectivity index is 2.22. The average molecular weight is 272 g/mol. The summed E-state index contributed by atoms with van der Waals surface area (Å²) in [6.45, 7) is 0. The van der Waals surface area contributed by atoms with Crippen molar-refractivity contribution in [1.82, 2.24) is 19.9 Å². The van der Waals surface area contributed by atoms with Crippen LogP contribution in [0.4, 0.5) is 0 Å². The van der Waals surface area contributed by atoms with Crippen molar-refractivity contribution in [2.75, 3.05) is 7.11 Å². The quantitative estimate of drug-likeness (QED) is 0.426. The minimum absolute atomic E-state index is 0.0586. The van der Waals surface area contributed by atoms with Gasteiger partial charge in [-0.1, -0.05) is 0 Å². The van der Waals surface area contributed by atoms with Crippen molar-refractivity contribution in [2.45, 2.75) is 0 Å². The van der Waals surface area contributed by atoms with Crippen molar-refractivity contribution >= 4 is 11.7 Å². The van der Waals surface area contributed by atoms with Crippen LogP contribution in [0, 0.1) is 0 Å². The summed E-state index contributed by atoms with van der Waals surface area (Å²) in [6, 6.07) is 0. The van der Waals surface area contributed by atoms with E-state index >= 15 is 0 Å². The summed E-state index contributed by atoms with van der Waals surface area (Å²) in [7, 11) is 1.48. The molecule has 2 heterocycles. The SMILES string of the molecule is COc1cncc(/C(N)=N/N=C(\N)c2cnccn2)n1. The molecule has 0 unspecified atom stereocenters. The Kier molecular flexibility index (Phi) is 4.12. The smallest absolute Gasteiger partial charge is 0.232 e. The van der Waals surface area contributed by atoms with E-state index in [0.29, 0.717) is 17.3 Å². The van der Waals surface area contributed by atoms with Crippen LogP contribution >= 0.6 is 0 Å². The number of hydrogen-bond donors (Lipinski definition) is 2. The van der Waals surface area contributed by atoms with E-state index in [9.17, 15) is 0 Å². The van der Waals surface area contributed by atoms with Crippen molar-refractivity contribution < 1.29 is 4.74 Å². The van der Waals surface area contributed by atoms with E-state index in [0.717, 1.165) is 0 Å². The van der Waals surface area contributed by atoms with Crippen molar-refractivity contribution in [3.63, 3.8) is 0 Å². The zero-order chi connectivity index (χ0) is 14.4. The number of hydrogen-bond acceptors (Lipinski definition) is 7. The molecule has 0 amide bonds. The summed E-state index contributed by atoms with van der Waals surface area (Å²) in [5, 5.41) is 7.55. The summed E-state index contributed by atoms with van der Waals surface area (Å²) in [6.07, 6.45) is 7.39. The summed E-state index contributed by atoms with van der Waals surface area (Å²) >= 11 is 0. The highest BCUT2D eigenvalue weighted by Gasteiger charge is 2.04. The van der Waals surface area contributed by atoms with Crippen LogP contribution in [0.3, 0.4) is 0 Å². The van der Waals surface area contributed by atoms with Gasteiger partial charge in [0.2, 0.25) is 5.88 Å². The summed E-state index contributed by atoms with van der Waals surface area (Å²) in [5.41, 5.74) is 12.2. The molecular formula is C11H12N8O. The van der Waals surface area contributed by atoms with E-state index in [1.165, 1.54) is 38.1 Å². The average Bonchev–Trinajstić information content (AvgIpc) is 2.53. The predicted molar refractivity (Wildman–Crippen MR) is 72.1 cm³/mol. The number of ether oxygens (including phenoxy) is 1. The van der Waals surface area contributed by atoms with E-state index in [2.05, 4.69) is 30.1 Å². The lowest BCUT2D eigenvalue weighted by molar-refractivity contribution is 0.395. The van der Waals surface area contributed by atoms with E-state index in [1.807, 2.05) is 0 Å². The third kappa shape index (κ3) is 3.22. The van der Waals surface area contributed by atoms with Crippen molar-refractivity contribution in [3.05, 3.63) is 42.4 Å². The van der Waals surface area contributed by atoms with E-state index < -0.39 is 0 Å². The van der Waals surface area contributed by atoms with Crippen LogP contribution in [0.25, 0.3) is 0 Å². The van der Waals surface area contributed by atoms with Crippen LogP contribution in [0.1, 0.15) is 11.4 Å². The van der Waals surface area contributed by atoms with Crippen LogP contribution in [0.15, 0.2) is 41.2 Å². The first-order chi connectivity index (χ1) is 9.70. The Labute approximate surface area is 114 Å². The summed E-state index contributed by atoms with van der Waals surface area (Å²) in [5.74, 6) is 0.478. The van der Waals surface area contributed by atoms with Gasteiger partial charge in [0.15, 0.2) is 11.7 Å². The molecule has 0 saturated heterocycles. The van der Waals surface area contributed by atoms with E-state index in [-0.39, 0.29) is 11.7 Å². The lowest BCUT2D eigenvalue weighted by Crippen LogP contribution is -2.18. The Morgan fingerprint density at radius 1 is 1.00 bits per heavy atom. The summed E-state index contributed by atoms with van der Waals surface area (Å²) < 4.78 is 4.94. The molecule has 0 bridgehead atoms. The van der Waals surface area contributed by atoms with Crippen molar-refractivity contribution in [2.24, 2.45) is 21.7 Å². The third-order valence-corrected chi connectivity index (χ3v) is 2.18. The van der Waals surface area contributed by atoms with Gasteiger partial charge in [0.05, 0.1) is 25.7 Å². The zero-order valence-electron chi connectivity index (χ0n) is 10.6. The number of amidine groups is 2. The molecule has 0 atom stereocenters. The number of methoxy groups -OCH3 is 1. The number of rotatable bonds is 4. The van der Waals surface area contributed by atoms with Gasteiger partial charge in [-0.15, -0.1) is 10.2 Å². The van der Waals surface area contributed by atoms with Crippen LogP contribution in [-0.2, 0) is 0 Å². The minimum atomic E-state index is 0.0586. The maximum atomic E-state index is 5.74. The van der Waals surface area contributed by atoms with Crippen LogP contribution in [-0.4, -0.2) is 38.7 Å². The van der Waals surface area contributed by atoms with Gasteiger partial charge in [-0.2, -0.15) is 0 Å². The van der Waals surface area contributed by atoms with Crippen molar-refractivity contribution in [1.29, 1.82) is 0 Å². The molecule has 0 aliphatic rings. The minimum Gasteiger partial charge on any atom is -0.480 e. The zero-order valence-corrected chi connectivity index (χ0v) is 10.6. The van der Waals surface area contributed by atoms with Gasteiger partial charge in [0.25, 0.3) is 0 Å². The standard InChI is InChI=1S/C11H12N8O/c1-20-9-6-15-5-8(17-9)11(13)19-18-10(12)7-4-14-2-3-16-7/h2-6H,1H3,(H2,12,18)(H2,13,19). The molecule has 0 radical (unpaired) electrons. The van der Waals surface area contributed by atoms with Crippen LogP contribution in [0.5, 0.6) is 5.88 Å². The Hall–Kier alpha value is -3.10. The van der Waals surface area contributed by atoms with Gasteiger partial charge >= 0.3 is 0 Å². The van der Waals surface area contributed by atoms with Crippen LogP contribution in [0.2, 0.25) is 0 Å². The summed E-state index contributed by atoms with van der Waals surface area (Å²) in [4.78, 5) is 15.8. The lowest BCUT2D eigenvalue weighted by atomic mass is 10.4. The molecule has 2 aromatic rings. The van der Waals surface area contributed by atoms with Gasteiger partial charge in [-0.25, -0.2) is 9.97 Å². The maximum absolute atomic E-state index is 5.74. The molecule has 0 aromatic carbocycles. The first-order valence-corrected chi connectivity index (χ1v) is 5.50. The first kappa shape index (κ1) is 13.3. The molecule has 0 aliphatic carbocycles. The van der Waals surface area contributed by atoms with Gasteiger partial charge < -0.3 is 16.2 Å². The molecule has 9 nitrogen and oxygen atoms in total. The molecule has 102 valence electrons. The molecule has 20 heavy (non-hydrogen) atoms. The third-order valence-electron chi connectivity index (χ3n) is 2.18. The second-order valence-corrected chi connectivity index (χ2v) is 3.51. The molecule has 2 aromatic heterocycles. The highest BCUT2D eigenvalue weighted by Crippen LogP contribution is 2.03. The molecule has 0 saturated carbocycles. The fraction of sp³-hybridized carbons (Fsp3) is 0.0909. The maximum Gasteiger partial charge on any atom is 0.232 e. The van der Waals surface area contributed by atoms with Crippen molar-refractivity contribution in [3.8, 4) is 5.88 Å². The van der Waals surface area contributed by atoms with Gasteiger partial charge in [0.1, 0.15) is 11.4 Å². The fourth-order valence-electron chi connectivity index (χ4n) is 1.21. The molecule has 9 heteroatoms. The fourth-order valence-corrected chi connectivity index (χ4v) is 1.21. The molecule has 0 aliphatic heterocycles. The molecule has 0 fully saturated rings. The second-order valence-electron chi connectivity index (χ2n) is 3.51. The largest absolute Gasteiger partial charge is 0.480 e. The second kappa shape index (κ2) is 6.18. The Bertz CT molecular complexity index is 640. The number of aromatic nitrogens is 4. The molecule has 4 N–H and O–H groups in total. The Morgan fingerprint density at radius 3 is 2.35 bits per heavy atom. The van der Waals surface area contributed by atoms with E-state index in [4.69, 9.17) is 16.2 Å². The number of nitrogens with zero attached hydrogens (tertiary/aromatic N) is 6. The van der Waals surface area contributed by atoms with Gasteiger partial charge in [0, 0.05) is 12.4 Å². The van der Waals surface area contributed by atoms with Gasteiger partial charge in [-0.05, 0) is 0 Å². The lowest BCUT2D eigenvalue weighted by Gasteiger charge is -2.01. The highest BCUT2D eigenvalue weighted by molar-refractivity contribution is 5.98. The predicted octanol–water partition coefficient (Wildman–Crippen LogP) is -0.699. The number of nitrogens with two attached hydrogens (primary N) is 2. The normalized spacial score (nSPS) is 12.2. The monoisotopic (exact) mass is 272 g/mol.